The zero-order chi connectivity index (χ0) is 18.5. The third-order valence-corrected chi connectivity index (χ3v) is 3.67. The first-order chi connectivity index (χ1) is 12.6. The Labute approximate surface area is 149 Å². The summed E-state index contributed by atoms with van der Waals surface area (Å²) in [5.41, 5.74) is 7.69. The summed E-state index contributed by atoms with van der Waals surface area (Å²) in [5.74, 6) is 0.175. The number of amides is 1. The standard InChI is InChI=1S/C18H16N6O2/c19-9-12-2-1-3-13(8-12)22-18-15(16(20)26)17(23-24-18)21-10-11-4-6-14(25)7-5-11/h1-8,25H,10H2,(H2,20,26)(H3,21,22,23,24). The van der Waals surface area contributed by atoms with Gasteiger partial charge in [-0.25, -0.2) is 0 Å². The molecule has 8 nitrogen and oxygen atoms in total. The highest BCUT2D eigenvalue weighted by molar-refractivity contribution is 6.03. The number of primary amides is 1. The van der Waals surface area contributed by atoms with E-state index in [9.17, 15) is 9.90 Å². The van der Waals surface area contributed by atoms with E-state index in [0.29, 0.717) is 29.4 Å². The number of carbonyl (C=O) groups is 1. The lowest BCUT2D eigenvalue weighted by molar-refractivity contribution is 0.100. The van der Waals surface area contributed by atoms with Crippen LogP contribution in [0, 0.1) is 11.3 Å². The summed E-state index contributed by atoms with van der Waals surface area (Å²) >= 11 is 0. The second-order valence-electron chi connectivity index (χ2n) is 5.52. The van der Waals surface area contributed by atoms with Gasteiger partial charge in [-0.05, 0) is 35.9 Å². The summed E-state index contributed by atoms with van der Waals surface area (Å²) in [6, 6.07) is 15.5. The Kier molecular flexibility index (Phi) is 4.71. The average Bonchev–Trinajstić information content (AvgIpc) is 3.04. The number of hydrogen-bond donors (Lipinski definition) is 5. The molecule has 0 radical (unpaired) electrons. The molecule has 0 unspecified atom stereocenters. The molecule has 3 rings (SSSR count). The fourth-order valence-electron chi connectivity index (χ4n) is 2.41. The first-order valence-electron chi connectivity index (χ1n) is 7.74. The molecule has 6 N–H and O–H groups in total. The van der Waals surface area contributed by atoms with Gasteiger partial charge in [-0.1, -0.05) is 18.2 Å². The molecule has 130 valence electrons. The maximum Gasteiger partial charge on any atom is 0.256 e. The molecular weight excluding hydrogens is 332 g/mol. The van der Waals surface area contributed by atoms with E-state index in [1.54, 1.807) is 48.5 Å². The maximum atomic E-state index is 11.9. The Hall–Kier alpha value is -3.99. The van der Waals surface area contributed by atoms with Gasteiger partial charge >= 0.3 is 0 Å². The van der Waals surface area contributed by atoms with Crippen LogP contribution in [0.1, 0.15) is 21.5 Å². The highest BCUT2D eigenvalue weighted by atomic mass is 16.3. The van der Waals surface area contributed by atoms with Crippen LogP contribution in [0.5, 0.6) is 5.75 Å². The second-order valence-corrected chi connectivity index (χ2v) is 5.52. The van der Waals surface area contributed by atoms with Crippen molar-refractivity contribution in [2.45, 2.75) is 6.54 Å². The predicted molar refractivity (Wildman–Crippen MR) is 97.0 cm³/mol. The van der Waals surface area contributed by atoms with Crippen LogP contribution in [0.4, 0.5) is 17.3 Å². The van der Waals surface area contributed by atoms with Crippen molar-refractivity contribution < 1.29 is 9.90 Å². The van der Waals surface area contributed by atoms with E-state index in [1.165, 1.54) is 0 Å². The highest BCUT2D eigenvalue weighted by Crippen LogP contribution is 2.25. The molecule has 26 heavy (non-hydrogen) atoms. The van der Waals surface area contributed by atoms with Crippen LogP contribution in [-0.2, 0) is 6.54 Å². The number of aromatic hydroxyl groups is 1. The van der Waals surface area contributed by atoms with Crippen LogP contribution >= 0.6 is 0 Å². The van der Waals surface area contributed by atoms with Crippen molar-refractivity contribution in [1.29, 1.82) is 5.26 Å². The van der Waals surface area contributed by atoms with Crippen molar-refractivity contribution in [2.24, 2.45) is 5.73 Å². The third-order valence-electron chi connectivity index (χ3n) is 3.67. The Balaban J connectivity index is 1.80. The summed E-state index contributed by atoms with van der Waals surface area (Å²) in [6.07, 6.45) is 0. The van der Waals surface area contributed by atoms with Crippen molar-refractivity contribution in [3.63, 3.8) is 0 Å². The number of aromatic amines is 1. The lowest BCUT2D eigenvalue weighted by Gasteiger charge is -2.08. The molecule has 3 aromatic rings. The predicted octanol–water partition coefficient (Wildman–Crippen LogP) is 2.44. The summed E-state index contributed by atoms with van der Waals surface area (Å²) in [5, 5.41) is 31.2. The first kappa shape index (κ1) is 16.9. The zero-order valence-corrected chi connectivity index (χ0v) is 13.7. The van der Waals surface area contributed by atoms with Gasteiger partial charge < -0.3 is 21.5 Å². The molecule has 8 heteroatoms. The first-order valence-corrected chi connectivity index (χ1v) is 7.74. The molecule has 1 amide bonds. The maximum absolute atomic E-state index is 11.9. The van der Waals surface area contributed by atoms with Crippen molar-refractivity contribution in [2.75, 3.05) is 10.6 Å². The Morgan fingerprint density at radius 2 is 2.04 bits per heavy atom. The topological polar surface area (TPSA) is 140 Å². The van der Waals surface area contributed by atoms with Crippen molar-refractivity contribution in [3.05, 3.63) is 65.2 Å². The summed E-state index contributed by atoms with van der Waals surface area (Å²) in [7, 11) is 0. The molecule has 1 aromatic heterocycles. The van der Waals surface area contributed by atoms with Gasteiger partial charge in [0.15, 0.2) is 5.82 Å². The summed E-state index contributed by atoms with van der Waals surface area (Å²) in [4.78, 5) is 11.9. The molecule has 0 saturated carbocycles. The van der Waals surface area contributed by atoms with Gasteiger partial charge in [-0.2, -0.15) is 10.4 Å². The molecule has 0 saturated heterocycles. The number of benzene rings is 2. The minimum atomic E-state index is -0.647. The van der Waals surface area contributed by atoms with Gasteiger partial charge in [-0.3, -0.25) is 9.89 Å². The number of nitrogens with zero attached hydrogens (tertiary/aromatic N) is 2. The number of H-pyrrole nitrogens is 1. The number of phenols is 1. The molecule has 0 aliphatic carbocycles. The largest absolute Gasteiger partial charge is 0.508 e. The van der Waals surface area contributed by atoms with Crippen LogP contribution in [-0.4, -0.2) is 21.2 Å². The van der Waals surface area contributed by atoms with Crippen molar-refractivity contribution in [1.82, 2.24) is 10.2 Å². The number of phenolic OH excluding ortho intramolecular Hbond substituents is 1. The van der Waals surface area contributed by atoms with Crippen molar-refractivity contribution >= 4 is 23.2 Å². The fraction of sp³-hybridized carbons (Fsp3) is 0.0556. The Bertz CT molecular complexity index is 972. The van der Waals surface area contributed by atoms with Crippen LogP contribution in [0.25, 0.3) is 0 Å². The van der Waals surface area contributed by atoms with E-state index in [-0.39, 0.29) is 11.3 Å². The molecular formula is C18H16N6O2. The van der Waals surface area contributed by atoms with Gasteiger partial charge in [-0.15, -0.1) is 0 Å². The summed E-state index contributed by atoms with van der Waals surface area (Å²) < 4.78 is 0. The molecule has 0 atom stereocenters. The van der Waals surface area contributed by atoms with Crippen molar-refractivity contribution in [3.8, 4) is 11.8 Å². The highest BCUT2D eigenvalue weighted by Gasteiger charge is 2.18. The number of nitrogens with one attached hydrogen (secondary N) is 3. The molecule has 0 fully saturated rings. The van der Waals surface area contributed by atoms with Crippen LogP contribution in [0.15, 0.2) is 48.5 Å². The van der Waals surface area contributed by atoms with Gasteiger partial charge in [0.1, 0.15) is 17.1 Å². The van der Waals surface area contributed by atoms with Crippen LogP contribution in [0.2, 0.25) is 0 Å². The fourth-order valence-corrected chi connectivity index (χ4v) is 2.41. The number of aromatic nitrogens is 2. The molecule has 0 aliphatic rings. The molecule has 0 spiro atoms. The number of rotatable bonds is 6. The monoisotopic (exact) mass is 348 g/mol. The van der Waals surface area contributed by atoms with E-state index >= 15 is 0 Å². The van der Waals surface area contributed by atoms with E-state index in [0.717, 1.165) is 5.56 Å². The number of anilines is 3. The van der Waals surface area contributed by atoms with Gasteiger partial charge in [0.25, 0.3) is 5.91 Å². The Morgan fingerprint density at radius 1 is 1.27 bits per heavy atom. The van der Waals surface area contributed by atoms with E-state index < -0.39 is 5.91 Å². The molecule has 0 aliphatic heterocycles. The van der Waals surface area contributed by atoms with E-state index in [4.69, 9.17) is 11.0 Å². The molecule has 2 aromatic carbocycles. The number of carbonyl (C=O) groups excluding carboxylic acids is 1. The summed E-state index contributed by atoms with van der Waals surface area (Å²) in [6.45, 7) is 0.398. The molecule has 1 heterocycles. The third kappa shape index (κ3) is 3.73. The normalized spacial score (nSPS) is 10.1. The van der Waals surface area contributed by atoms with Gasteiger partial charge in [0, 0.05) is 12.2 Å². The lowest BCUT2D eigenvalue weighted by Crippen LogP contribution is -2.15. The SMILES string of the molecule is N#Cc1cccc(Nc2[nH]nc(NCc3ccc(O)cc3)c2C(N)=O)c1. The van der Waals surface area contributed by atoms with E-state index in [1.807, 2.05) is 0 Å². The minimum absolute atomic E-state index is 0.178. The van der Waals surface area contributed by atoms with E-state index in [2.05, 4.69) is 26.9 Å². The van der Waals surface area contributed by atoms with Crippen LogP contribution < -0.4 is 16.4 Å². The lowest BCUT2D eigenvalue weighted by atomic mass is 10.2. The number of hydrogen-bond acceptors (Lipinski definition) is 6. The minimum Gasteiger partial charge on any atom is -0.508 e. The second kappa shape index (κ2) is 7.27. The quantitative estimate of drug-likeness (QED) is 0.463. The number of nitrogens with two attached hydrogens (primary N) is 1. The Morgan fingerprint density at radius 3 is 2.73 bits per heavy atom. The molecule has 0 bridgehead atoms. The zero-order valence-electron chi connectivity index (χ0n) is 13.7. The van der Waals surface area contributed by atoms with Gasteiger partial charge in [0.2, 0.25) is 0 Å². The smallest absolute Gasteiger partial charge is 0.256 e. The van der Waals surface area contributed by atoms with Crippen LogP contribution in [0.3, 0.4) is 0 Å². The van der Waals surface area contributed by atoms with Gasteiger partial charge in [0.05, 0.1) is 11.6 Å². The number of nitriles is 1. The average molecular weight is 348 g/mol.